The minimum Gasteiger partial charge on any atom is -0.492 e. The summed E-state index contributed by atoms with van der Waals surface area (Å²) in [7, 11) is 0. The summed E-state index contributed by atoms with van der Waals surface area (Å²) in [5.74, 6) is 2.26. The van der Waals surface area contributed by atoms with Crippen molar-refractivity contribution >= 4 is 28.3 Å². The van der Waals surface area contributed by atoms with Gasteiger partial charge in [0, 0.05) is 43.4 Å². The average molecular weight is 545 g/mol. The molecule has 6 rings (SSSR count). The number of carbonyl (C=O) groups is 1. The van der Waals surface area contributed by atoms with Gasteiger partial charge in [-0.3, -0.25) is 9.89 Å². The zero-order valence-electron chi connectivity index (χ0n) is 23.8. The number of amides is 1. The fourth-order valence-corrected chi connectivity index (χ4v) is 6.31. The van der Waals surface area contributed by atoms with Crippen LogP contribution in [0.3, 0.4) is 0 Å². The Hall–Kier alpha value is -3.66. The van der Waals surface area contributed by atoms with E-state index in [0.29, 0.717) is 18.9 Å². The van der Waals surface area contributed by atoms with Crippen LogP contribution in [0.1, 0.15) is 52.9 Å². The van der Waals surface area contributed by atoms with Crippen molar-refractivity contribution in [2.24, 2.45) is 5.92 Å². The van der Waals surface area contributed by atoms with Crippen LogP contribution < -0.4 is 15.0 Å². The van der Waals surface area contributed by atoms with Crippen LogP contribution in [0.25, 0.3) is 27.7 Å². The SMILES string of the molecule is CCOc1cc(-c2ccc(N3CCC(CN4CCCC4)(NC(=O)CC(C)C)CC3)nc2)c2c3cn[nH]c3nn2c1. The maximum absolute atomic E-state index is 12.9. The van der Waals surface area contributed by atoms with Crippen LogP contribution in [0, 0.1) is 5.92 Å². The van der Waals surface area contributed by atoms with Gasteiger partial charge in [0.2, 0.25) is 5.91 Å². The quantitative estimate of drug-likeness (QED) is 0.324. The van der Waals surface area contributed by atoms with Crippen molar-refractivity contribution in [3.05, 3.63) is 36.8 Å². The van der Waals surface area contributed by atoms with Crippen LogP contribution in [0.2, 0.25) is 0 Å². The molecule has 4 aromatic heterocycles. The number of fused-ring (bicyclic) bond motifs is 3. The van der Waals surface area contributed by atoms with Gasteiger partial charge in [0.05, 0.1) is 35.4 Å². The number of nitrogens with zero attached hydrogens (tertiary/aromatic N) is 6. The molecule has 10 heteroatoms. The van der Waals surface area contributed by atoms with Gasteiger partial charge in [-0.25, -0.2) is 9.50 Å². The van der Waals surface area contributed by atoms with E-state index in [4.69, 9.17) is 9.72 Å². The number of hydrogen-bond donors (Lipinski definition) is 2. The second-order valence-corrected chi connectivity index (χ2v) is 11.7. The number of ether oxygens (including phenoxy) is 1. The fourth-order valence-electron chi connectivity index (χ4n) is 6.31. The Bertz CT molecular complexity index is 1460. The molecule has 0 aromatic carbocycles. The summed E-state index contributed by atoms with van der Waals surface area (Å²) < 4.78 is 7.69. The van der Waals surface area contributed by atoms with Crippen molar-refractivity contribution in [3.63, 3.8) is 0 Å². The van der Waals surface area contributed by atoms with E-state index < -0.39 is 0 Å². The summed E-state index contributed by atoms with van der Waals surface area (Å²) in [6.07, 6.45) is 10.6. The van der Waals surface area contributed by atoms with Gasteiger partial charge < -0.3 is 19.9 Å². The van der Waals surface area contributed by atoms with Crippen LogP contribution >= 0.6 is 0 Å². The number of rotatable bonds is 9. The van der Waals surface area contributed by atoms with Crippen LogP contribution in [-0.4, -0.2) is 80.5 Å². The average Bonchev–Trinajstić information content (AvgIpc) is 3.67. The molecule has 212 valence electrons. The second-order valence-electron chi connectivity index (χ2n) is 11.7. The maximum atomic E-state index is 12.9. The number of anilines is 1. The molecule has 1 amide bonds. The first-order chi connectivity index (χ1) is 19.4. The Balaban J connectivity index is 1.22. The molecule has 0 atom stereocenters. The lowest BCUT2D eigenvalue weighted by atomic mass is 9.86. The van der Waals surface area contributed by atoms with Crippen molar-refractivity contribution < 1.29 is 9.53 Å². The highest BCUT2D eigenvalue weighted by atomic mass is 16.5. The molecular formula is C30H40N8O2. The van der Waals surface area contributed by atoms with Gasteiger partial charge in [-0.15, -0.1) is 5.10 Å². The minimum absolute atomic E-state index is 0.171. The van der Waals surface area contributed by atoms with Crippen molar-refractivity contribution in [1.82, 2.24) is 35.0 Å². The van der Waals surface area contributed by atoms with Crippen molar-refractivity contribution in [2.45, 2.75) is 58.4 Å². The van der Waals surface area contributed by atoms with Crippen LogP contribution in [0.4, 0.5) is 5.82 Å². The Morgan fingerprint density at radius 1 is 1.15 bits per heavy atom. The summed E-state index contributed by atoms with van der Waals surface area (Å²) in [5, 5.41) is 16.2. The van der Waals surface area contributed by atoms with Gasteiger partial charge in [-0.2, -0.15) is 5.10 Å². The summed E-state index contributed by atoms with van der Waals surface area (Å²) in [4.78, 5) is 22.6. The van der Waals surface area contributed by atoms with E-state index in [1.807, 2.05) is 30.0 Å². The molecule has 4 aromatic rings. The second kappa shape index (κ2) is 11.1. The molecule has 2 N–H and O–H groups in total. The van der Waals surface area contributed by atoms with Crippen molar-refractivity contribution in [2.75, 3.05) is 44.2 Å². The number of H-pyrrole nitrogens is 1. The predicted molar refractivity (Wildman–Crippen MR) is 157 cm³/mol. The van der Waals surface area contributed by atoms with Gasteiger partial charge in [0.1, 0.15) is 11.6 Å². The summed E-state index contributed by atoms with van der Waals surface area (Å²) in [6.45, 7) is 11.7. The van der Waals surface area contributed by atoms with Crippen LogP contribution in [0.15, 0.2) is 36.8 Å². The predicted octanol–water partition coefficient (Wildman–Crippen LogP) is 4.27. The van der Waals surface area contributed by atoms with E-state index in [0.717, 1.165) is 84.8 Å². The Morgan fingerprint density at radius 2 is 1.95 bits per heavy atom. The zero-order chi connectivity index (χ0) is 27.7. The zero-order valence-corrected chi connectivity index (χ0v) is 23.8. The molecule has 0 unspecified atom stereocenters. The molecule has 0 spiro atoms. The fraction of sp³-hybridized carbons (Fsp3) is 0.533. The number of pyridine rings is 2. The third-order valence-corrected chi connectivity index (χ3v) is 8.24. The third-order valence-electron chi connectivity index (χ3n) is 8.24. The lowest BCUT2D eigenvalue weighted by Crippen LogP contribution is -2.60. The first kappa shape index (κ1) is 26.6. The monoisotopic (exact) mass is 544 g/mol. The summed E-state index contributed by atoms with van der Waals surface area (Å²) in [6, 6.07) is 6.28. The number of hydrogen-bond acceptors (Lipinski definition) is 7. The summed E-state index contributed by atoms with van der Waals surface area (Å²) in [5.41, 5.74) is 3.55. The van der Waals surface area contributed by atoms with Crippen LogP contribution in [-0.2, 0) is 4.79 Å². The number of aromatic nitrogens is 5. The number of likely N-dealkylation sites (tertiary alicyclic amines) is 1. The van der Waals surface area contributed by atoms with E-state index in [-0.39, 0.29) is 11.4 Å². The molecule has 2 aliphatic rings. The Kier molecular flexibility index (Phi) is 7.35. The standard InChI is InChI=1S/C30H40N8O2/c1-4-40-23-16-24(28-25-18-32-34-29(25)35-38(28)19-23)22-7-8-26(31-17-22)37-13-9-30(10-14-37,20-36-11-5-6-12-36)33-27(39)15-21(2)3/h7-8,16-19,21H,4-6,9-15,20H2,1-3H3,(H,33,39)(H,34,35). The van der Waals surface area contributed by atoms with Gasteiger partial charge in [-0.1, -0.05) is 13.8 Å². The van der Waals surface area contributed by atoms with Crippen molar-refractivity contribution in [1.29, 1.82) is 0 Å². The molecule has 40 heavy (non-hydrogen) atoms. The van der Waals surface area contributed by atoms with Gasteiger partial charge >= 0.3 is 0 Å². The molecule has 6 heterocycles. The smallest absolute Gasteiger partial charge is 0.220 e. The maximum Gasteiger partial charge on any atom is 0.220 e. The minimum atomic E-state index is -0.171. The molecule has 2 aliphatic heterocycles. The topological polar surface area (TPSA) is 104 Å². The largest absolute Gasteiger partial charge is 0.492 e. The summed E-state index contributed by atoms with van der Waals surface area (Å²) >= 11 is 0. The number of aromatic amines is 1. The number of carbonyl (C=O) groups excluding carboxylic acids is 1. The normalized spacial score (nSPS) is 17.8. The number of piperidine rings is 1. The molecule has 2 fully saturated rings. The highest BCUT2D eigenvalue weighted by molar-refractivity contribution is 6.00. The first-order valence-corrected chi connectivity index (χ1v) is 14.7. The number of nitrogens with one attached hydrogen (secondary N) is 2. The molecule has 0 bridgehead atoms. The molecular weight excluding hydrogens is 504 g/mol. The Morgan fingerprint density at radius 3 is 2.65 bits per heavy atom. The van der Waals surface area contributed by atoms with E-state index in [2.05, 4.69) is 62.5 Å². The molecule has 0 aliphatic carbocycles. The molecule has 2 saturated heterocycles. The first-order valence-electron chi connectivity index (χ1n) is 14.7. The van der Waals surface area contributed by atoms with E-state index in [9.17, 15) is 4.79 Å². The van der Waals surface area contributed by atoms with E-state index >= 15 is 0 Å². The highest BCUT2D eigenvalue weighted by Crippen LogP contribution is 2.34. The molecule has 0 radical (unpaired) electrons. The van der Waals surface area contributed by atoms with Gasteiger partial charge in [-0.05, 0) is 69.8 Å². The molecule has 0 saturated carbocycles. The van der Waals surface area contributed by atoms with Crippen molar-refractivity contribution in [3.8, 4) is 16.9 Å². The Labute approximate surface area is 235 Å². The van der Waals surface area contributed by atoms with Crippen LogP contribution in [0.5, 0.6) is 5.75 Å². The third kappa shape index (κ3) is 5.37. The lowest BCUT2D eigenvalue weighted by Gasteiger charge is -2.44. The van der Waals surface area contributed by atoms with Gasteiger partial charge in [0.25, 0.3) is 0 Å². The molecule has 10 nitrogen and oxygen atoms in total. The highest BCUT2D eigenvalue weighted by Gasteiger charge is 2.38. The van der Waals surface area contributed by atoms with Gasteiger partial charge in [0.15, 0.2) is 5.65 Å². The lowest BCUT2D eigenvalue weighted by molar-refractivity contribution is -0.124. The van der Waals surface area contributed by atoms with E-state index in [1.54, 1.807) is 0 Å². The van der Waals surface area contributed by atoms with E-state index in [1.165, 1.54) is 12.8 Å².